The second-order valence-corrected chi connectivity index (χ2v) is 8.49. The van der Waals surface area contributed by atoms with Crippen molar-refractivity contribution in [2.45, 2.75) is 11.8 Å². The number of aromatic hydroxyl groups is 1. The highest BCUT2D eigenvalue weighted by molar-refractivity contribution is 9.10. The summed E-state index contributed by atoms with van der Waals surface area (Å²) in [6.07, 6.45) is 0. The third kappa shape index (κ3) is 3.74. The molecule has 2 heterocycles. The van der Waals surface area contributed by atoms with Crippen LogP contribution in [0.15, 0.2) is 49.6 Å². The van der Waals surface area contributed by atoms with Crippen molar-refractivity contribution >= 4 is 54.8 Å². The number of carbonyl (C=O) groups is 1. The molecule has 0 unspecified atom stereocenters. The van der Waals surface area contributed by atoms with E-state index in [0.29, 0.717) is 15.9 Å². The number of hydrogen-bond acceptors (Lipinski definition) is 7. The summed E-state index contributed by atoms with van der Waals surface area (Å²) in [6.45, 7) is 1.64. The Balaban J connectivity index is 1.87. The largest absolute Gasteiger partial charge is 0.508 e. The summed E-state index contributed by atoms with van der Waals surface area (Å²) in [6, 6.07) is 7.26. The van der Waals surface area contributed by atoms with E-state index in [1.807, 2.05) is 0 Å². The molecule has 0 saturated carbocycles. The van der Waals surface area contributed by atoms with Gasteiger partial charge in [-0.3, -0.25) is 4.79 Å². The van der Waals surface area contributed by atoms with E-state index in [-0.39, 0.29) is 21.4 Å². The van der Waals surface area contributed by atoms with E-state index in [1.165, 1.54) is 23.6 Å². The number of nitrogens with zero attached hydrogens (tertiary/aromatic N) is 1. The van der Waals surface area contributed by atoms with Gasteiger partial charge in [-0.15, -0.1) is 11.3 Å². The minimum absolute atomic E-state index is 0.00629. The zero-order valence-corrected chi connectivity index (χ0v) is 16.4. The van der Waals surface area contributed by atoms with Gasteiger partial charge in [0.1, 0.15) is 20.0 Å². The third-order valence-corrected chi connectivity index (χ3v) is 6.60. The molecule has 3 rings (SSSR count). The standard InChI is InChI=1S/C15H12BrN3O5S2/c1-8-12(16)15(24-18-8)19-26(22,23)11-5-6-25-13(11)14(21)17-9-3-2-4-10(20)7-9/h2-7,19-20H,1H3,(H,17,21). The average molecular weight is 458 g/mol. The van der Waals surface area contributed by atoms with Gasteiger partial charge in [0, 0.05) is 11.8 Å². The van der Waals surface area contributed by atoms with Crippen LogP contribution in [0.3, 0.4) is 0 Å². The van der Waals surface area contributed by atoms with Crippen LogP contribution >= 0.6 is 27.3 Å². The summed E-state index contributed by atoms with van der Waals surface area (Å²) in [7, 11) is -4.07. The number of hydrogen-bond donors (Lipinski definition) is 3. The molecule has 0 aliphatic carbocycles. The lowest BCUT2D eigenvalue weighted by Gasteiger charge is -2.08. The summed E-state index contributed by atoms with van der Waals surface area (Å²) in [4.78, 5) is 12.3. The Morgan fingerprint density at radius 3 is 2.77 bits per heavy atom. The highest BCUT2D eigenvalue weighted by Gasteiger charge is 2.26. The number of carbonyl (C=O) groups excluding carboxylic acids is 1. The zero-order chi connectivity index (χ0) is 18.9. The number of rotatable bonds is 5. The normalized spacial score (nSPS) is 11.3. The van der Waals surface area contributed by atoms with E-state index in [1.54, 1.807) is 19.1 Å². The molecule has 26 heavy (non-hydrogen) atoms. The van der Waals surface area contributed by atoms with Crippen molar-refractivity contribution in [1.82, 2.24) is 5.16 Å². The smallest absolute Gasteiger partial charge is 0.267 e. The molecule has 0 aliphatic heterocycles. The van der Waals surface area contributed by atoms with Crippen molar-refractivity contribution in [3.63, 3.8) is 0 Å². The summed E-state index contributed by atoms with van der Waals surface area (Å²) < 4.78 is 32.8. The maximum atomic E-state index is 12.6. The molecule has 0 saturated heterocycles. The van der Waals surface area contributed by atoms with E-state index < -0.39 is 15.9 Å². The van der Waals surface area contributed by atoms with Crippen molar-refractivity contribution in [2.75, 3.05) is 10.0 Å². The molecule has 0 fully saturated rings. The quantitative estimate of drug-likeness (QED) is 0.538. The third-order valence-electron chi connectivity index (χ3n) is 3.25. The molecule has 1 aromatic carbocycles. The molecule has 136 valence electrons. The van der Waals surface area contributed by atoms with Gasteiger partial charge in [-0.2, -0.15) is 0 Å². The number of phenolic OH excluding ortho intramolecular Hbond substituents is 1. The number of anilines is 2. The van der Waals surface area contributed by atoms with Crippen LogP contribution in [0.25, 0.3) is 0 Å². The van der Waals surface area contributed by atoms with Gasteiger partial charge in [-0.05, 0) is 46.4 Å². The summed E-state index contributed by atoms with van der Waals surface area (Å²) in [5.74, 6) is -0.708. The molecule has 0 atom stereocenters. The van der Waals surface area contributed by atoms with Gasteiger partial charge in [-0.1, -0.05) is 11.2 Å². The van der Waals surface area contributed by atoms with Crippen LogP contribution in [0.1, 0.15) is 15.4 Å². The second kappa shape index (κ2) is 7.09. The summed E-state index contributed by atoms with van der Waals surface area (Å²) in [5.41, 5.74) is 0.822. The average Bonchev–Trinajstić information content (AvgIpc) is 3.18. The van der Waals surface area contributed by atoms with Gasteiger partial charge < -0.3 is 14.9 Å². The van der Waals surface area contributed by atoms with Gasteiger partial charge >= 0.3 is 0 Å². The fourth-order valence-electron chi connectivity index (χ4n) is 2.05. The first-order valence-electron chi connectivity index (χ1n) is 7.10. The maximum Gasteiger partial charge on any atom is 0.267 e. The fraction of sp³-hybridized carbons (Fsp3) is 0.0667. The number of phenols is 1. The Morgan fingerprint density at radius 1 is 1.35 bits per heavy atom. The van der Waals surface area contributed by atoms with Crippen LogP contribution in [-0.2, 0) is 10.0 Å². The van der Waals surface area contributed by atoms with E-state index in [2.05, 4.69) is 31.1 Å². The van der Waals surface area contributed by atoms with Gasteiger partial charge in [0.2, 0.25) is 0 Å². The van der Waals surface area contributed by atoms with Crippen LogP contribution in [0.2, 0.25) is 0 Å². The highest BCUT2D eigenvalue weighted by Crippen LogP contribution is 2.30. The van der Waals surface area contributed by atoms with Crippen LogP contribution in [0, 0.1) is 6.92 Å². The van der Waals surface area contributed by atoms with Gasteiger partial charge in [0.25, 0.3) is 21.8 Å². The number of amides is 1. The van der Waals surface area contributed by atoms with Gasteiger partial charge in [0.05, 0.1) is 5.69 Å². The first kappa shape index (κ1) is 18.4. The molecular weight excluding hydrogens is 446 g/mol. The van der Waals surface area contributed by atoms with E-state index in [0.717, 1.165) is 11.3 Å². The van der Waals surface area contributed by atoms with E-state index in [4.69, 9.17) is 4.52 Å². The van der Waals surface area contributed by atoms with Crippen LogP contribution in [-0.4, -0.2) is 24.6 Å². The number of aromatic nitrogens is 1. The molecule has 0 bridgehead atoms. The van der Waals surface area contributed by atoms with Crippen LogP contribution < -0.4 is 10.0 Å². The number of benzene rings is 1. The number of aryl methyl sites for hydroxylation is 1. The first-order valence-corrected chi connectivity index (χ1v) is 10.3. The molecule has 2 aromatic heterocycles. The molecule has 0 radical (unpaired) electrons. The number of thiophene rings is 1. The Bertz CT molecular complexity index is 1070. The predicted octanol–water partition coefficient (Wildman–Crippen LogP) is 3.57. The monoisotopic (exact) mass is 457 g/mol. The molecule has 3 N–H and O–H groups in total. The SMILES string of the molecule is Cc1noc(NS(=O)(=O)c2ccsc2C(=O)Nc2cccc(O)c2)c1Br. The molecule has 0 spiro atoms. The van der Waals surface area contributed by atoms with Crippen molar-refractivity contribution in [1.29, 1.82) is 0 Å². The van der Waals surface area contributed by atoms with Crippen molar-refractivity contribution < 1.29 is 22.8 Å². The lowest BCUT2D eigenvalue weighted by molar-refractivity contribution is 0.102. The second-order valence-electron chi connectivity index (χ2n) is 5.14. The summed E-state index contributed by atoms with van der Waals surface area (Å²) >= 11 is 4.16. The fourth-order valence-corrected chi connectivity index (χ4v) is 4.74. The lowest BCUT2D eigenvalue weighted by atomic mass is 10.3. The molecule has 3 aromatic rings. The minimum Gasteiger partial charge on any atom is -0.508 e. The zero-order valence-electron chi connectivity index (χ0n) is 13.2. The molecule has 0 aliphatic rings. The van der Waals surface area contributed by atoms with Crippen LogP contribution in [0.4, 0.5) is 11.6 Å². The number of halogens is 1. The lowest BCUT2D eigenvalue weighted by Crippen LogP contribution is -2.18. The molecule has 1 amide bonds. The topological polar surface area (TPSA) is 122 Å². The Kier molecular flexibility index (Phi) is 5.03. The molecule has 11 heteroatoms. The highest BCUT2D eigenvalue weighted by atomic mass is 79.9. The van der Waals surface area contributed by atoms with Crippen LogP contribution in [0.5, 0.6) is 5.75 Å². The molecular formula is C15H12BrN3O5S2. The van der Waals surface area contributed by atoms with Crippen molar-refractivity contribution in [2.24, 2.45) is 0 Å². The van der Waals surface area contributed by atoms with Crippen molar-refractivity contribution in [3.8, 4) is 5.75 Å². The van der Waals surface area contributed by atoms with E-state index >= 15 is 0 Å². The Morgan fingerprint density at radius 2 is 2.12 bits per heavy atom. The summed E-state index contributed by atoms with van der Waals surface area (Å²) in [5, 5.41) is 17.2. The molecule has 8 nitrogen and oxygen atoms in total. The predicted molar refractivity (Wildman–Crippen MR) is 100 cm³/mol. The van der Waals surface area contributed by atoms with Gasteiger partial charge in [-0.25, -0.2) is 13.1 Å². The first-order chi connectivity index (χ1) is 12.3. The number of sulfonamides is 1. The maximum absolute atomic E-state index is 12.6. The van der Waals surface area contributed by atoms with Gasteiger partial charge in [0.15, 0.2) is 0 Å². The Hall–Kier alpha value is -2.37. The Labute approximate surface area is 161 Å². The minimum atomic E-state index is -4.07. The van der Waals surface area contributed by atoms with Crippen molar-refractivity contribution in [3.05, 3.63) is 50.8 Å². The van der Waals surface area contributed by atoms with E-state index in [9.17, 15) is 18.3 Å². The number of nitrogens with one attached hydrogen (secondary N) is 2.